The Balaban J connectivity index is 3.22. The molecule has 74 valence electrons. The summed E-state index contributed by atoms with van der Waals surface area (Å²) in [7, 11) is 0. The van der Waals surface area contributed by atoms with Crippen LogP contribution in [-0.2, 0) is 0 Å². The minimum atomic E-state index is 0.645. The first-order valence-electron chi connectivity index (χ1n) is 4.62. The van der Waals surface area contributed by atoms with Gasteiger partial charge in [0.15, 0.2) is 0 Å². The van der Waals surface area contributed by atoms with E-state index in [2.05, 4.69) is 18.1 Å². The van der Waals surface area contributed by atoms with Crippen LogP contribution < -0.4 is 4.74 Å². The minimum Gasteiger partial charge on any atom is -0.492 e. The normalized spacial score (nSPS) is 9.57. The second-order valence-corrected chi connectivity index (χ2v) is 2.89. The third kappa shape index (κ3) is 2.02. The van der Waals surface area contributed by atoms with Crippen LogP contribution in [0.15, 0.2) is 19.2 Å². The first-order chi connectivity index (χ1) is 6.72. The molecule has 0 aromatic carbocycles. The van der Waals surface area contributed by atoms with E-state index in [9.17, 15) is 0 Å². The van der Waals surface area contributed by atoms with Crippen molar-refractivity contribution >= 4 is 12.2 Å². The first-order valence-corrected chi connectivity index (χ1v) is 4.62. The Kier molecular flexibility index (Phi) is 3.46. The van der Waals surface area contributed by atoms with Gasteiger partial charge in [0, 0.05) is 5.56 Å². The largest absolute Gasteiger partial charge is 0.492 e. The molecule has 2 heteroatoms. The highest BCUT2D eigenvalue weighted by Gasteiger charge is 2.05. The number of aryl methyl sites for hydroxylation is 1. The summed E-state index contributed by atoms with van der Waals surface area (Å²) in [5.74, 6) is 0.813. The predicted molar refractivity (Wildman–Crippen MR) is 60.3 cm³/mol. The summed E-state index contributed by atoms with van der Waals surface area (Å²) in [5.41, 5.74) is 2.68. The van der Waals surface area contributed by atoms with Crippen molar-refractivity contribution in [3.63, 3.8) is 0 Å². The molecule has 0 aliphatic rings. The number of hydrogen-bond acceptors (Lipinski definition) is 2. The maximum Gasteiger partial charge on any atom is 0.141 e. The molecule has 0 atom stereocenters. The molecule has 0 saturated heterocycles. The van der Waals surface area contributed by atoms with Crippen LogP contribution in [0.3, 0.4) is 0 Å². The van der Waals surface area contributed by atoms with Gasteiger partial charge < -0.3 is 4.74 Å². The summed E-state index contributed by atoms with van der Waals surface area (Å²) in [4.78, 5) is 4.37. The van der Waals surface area contributed by atoms with Crippen LogP contribution >= 0.6 is 0 Å². The molecule has 0 fully saturated rings. The van der Waals surface area contributed by atoms with Crippen molar-refractivity contribution in [2.24, 2.45) is 0 Å². The van der Waals surface area contributed by atoms with Gasteiger partial charge in [-0.3, -0.25) is 0 Å². The summed E-state index contributed by atoms with van der Waals surface area (Å²) in [6, 6.07) is 1.94. The smallest absolute Gasteiger partial charge is 0.141 e. The van der Waals surface area contributed by atoms with Crippen LogP contribution in [0.4, 0.5) is 0 Å². The lowest BCUT2D eigenvalue weighted by Crippen LogP contribution is -1.98. The second kappa shape index (κ2) is 4.61. The van der Waals surface area contributed by atoms with Gasteiger partial charge >= 0.3 is 0 Å². The van der Waals surface area contributed by atoms with E-state index in [4.69, 9.17) is 4.74 Å². The minimum absolute atomic E-state index is 0.645. The van der Waals surface area contributed by atoms with E-state index in [0.29, 0.717) is 6.61 Å². The van der Waals surface area contributed by atoms with Crippen LogP contribution in [-0.4, -0.2) is 11.6 Å². The Bertz CT molecular complexity index is 356. The quantitative estimate of drug-likeness (QED) is 0.726. The standard InChI is InChI=1S/C12H15NO/c1-5-10-8-12(14-7-3)9(4)13-11(10)6-2/h5-6,8H,1-2,7H2,3-4H3. The number of aromatic nitrogens is 1. The molecule has 14 heavy (non-hydrogen) atoms. The molecule has 2 nitrogen and oxygen atoms in total. The van der Waals surface area contributed by atoms with E-state index < -0.39 is 0 Å². The second-order valence-electron chi connectivity index (χ2n) is 2.89. The summed E-state index contributed by atoms with van der Waals surface area (Å²) >= 11 is 0. The number of rotatable bonds is 4. The lowest BCUT2D eigenvalue weighted by molar-refractivity contribution is 0.336. The molecule has 0 spiro atoms. The molecule has 0 bridgehead atoms. The van der Waals surface area contributed by atoms with Crippen molar-refractivity contribution in [1.82, 2.24) is 4.98 Å². The average Bonchev–Trinajstić information content (AvgIpc) is 2.20. The SMILES string of the molecule is C=Cc1cc(OCC)c(C)nc1C=C. The fraction of sp³-hybridized carbons (Fsp3) is 0.250. The fourth-order valence-corrected chi connectivity index (χ4v) is 1.25. The molecule has 0 aliphatic heterocycles. The van der Waals surface area contributed by atoms with Crippen LogP contribution in [0.5, 0.6) is 5.75 Å². The molecule has 1 rings (SSSR count). The Morgan fingerprint density at radius 1 is 1.43 bits per heavy atom. The summed E-state index contributed by atoms with van der Waals surface area (Å²) in [6.07, 6.45) is 3.48. The van der Waals surface area contributed by atoms with Crippen molar-refractivity contribution in [3.05, 3.63) is 36.2 Å². The molecule has 1 aromatic rings. The van der Waals surface area contributed by atoms with Gasteiger partial charge in [0.05, 0.1) is 18.0 Å². The van der Waals surface area contributed by atoms with Gasteiger partial charge in [-0.25, -0.2) is 4.98 Å². The van der Waals surface area contributed by atoms with E-state index in [0.717, 1.165) is 22.7 Å². The molecular weight excluding hydrogens is 174 g/mol. The van der Waals surface area contributed by atoms with Crippen LogP contribution in [0, 0.1) is 6.92 Å². The summed E-state index contributed by atoms with van der Waals surface area (Å²) < 4.78 is 5.43. The number of hydrogen-bond donors (Lipinski definition) is 0. The molecule has 1 heterocycles. The average molecular weight is 189 g/mol. The summed E-state index contributed by atoms with van der Waals surface area (Å²) in [6.45, 7) is 12.0. The summed E-state index contributed by atoms with van der Waals surface area (Å²) in [5, 5.41) is 0. The number of ether oxygens (including phenoxy) is 1. The van der Waals surface area contributed by atoms with Crippen molar-refractivity contribution in [2.75, 3.05) is 6.61 Å². The Morgan fingerprint density at radius 3 is 2.64 bits per heavy atom. The zero-order chi connectivity index (χ0) is 10.6. The highest BCUT2D eigenvalue weighted by Crippen LogP contribution is 2.21. The molecule has 0 amide bonds. The van der Waals surface area contributed by atoms with Crippen LogP contribution in [0.25, 0.3) is 12.2 Å². The van der Waals surface area contributed by atoms with Crippen molar-refractivity contribution in [1.29, 1.82) is 0 Å². The van der Waals surface area contributed by atoms with E-state index in [-0.39, 0.29) is 0 Å². The molecule has 0 unspecified atom stereocenters. The van der Waals surface area contributed by atoms with E-state index in [1.165, 1.54) is 0 Å². The van der Waals surface area contributed by atoms with E-state index in [1.54, 1.807) is 12.2 Å². The zero-order valence-electron chi connectivity index (χ0n) is 8.71. The van der Waals surface area contributed by atoms with Gasteiger partial charge in [0.1, 0.15) is 5.75 Å². The third-order valence-corrected chi connectivity index (χ3v) is 1.94. The maximum atomic E-state index is 5.43. The zero-order valence-corrected chi connectivity index (χ0v) is 8.71. The van der Waals surface area contributed by atoms with Gasteiger partial charge in [-0.1, -0.05) is 19.2 Å². The molecule has 0 radical (unpaired) electrons. The van der Waals surface area contributed by atoms with Gasteiger partial charge in [0.2, 0.25) is 0 Å². The molecular formula is C12H15NO. The van der Waals surface area contributed by atoms with Gasteiger partial charge in [0.25, 0.3) is 0 Å². The number of pyridine rings is 1. The lowest BCUT2D eigenvalue weighted by Gasteiger charge is -2.09. The Hall–Kier alpha value is -1.57. The van der Waals surface area contributed by atoms with Crippen molar-refractivity contribution in [2.45, 2.75) is 13.8 Å². The third-order valence-electron chi connectivity index (χ3n) is 1.94. The van der Waals surface area contributed by atoms with Gasteiger partial charge in [-0.2, -0.15) is 0 Å². The predicted octanol–water partition coefficient (Wildman–Crippen LogP) is 3.07. The molecule has 0 aliphatic carbocycles. The molecule has 0 N–H and O–H groups in total. The first kappa shape index (κ1) is 10.5. The molecule has 1 aromatic heterocycles. The highest BCUT2D eigenvalue weighted by molar-refractivity contribution is 5.62. The lowest BCUT2D eigenvalue weighted by atomic mass is 10.1. The fourth-order valence-electron chi connectivity index (χ4n) is 1.25. The Morgan fingerprint density at radius 2 is 2.14 bits per heavy atom. The number of nitrogens with zero attached hydrogens (tertiary/aromatic N) is 1. The monoisotopic (exact) mass is 189 g/mol. The maximum absolute atomic E-state index is 5.43. The van der Waals surface area contributed by atoms with Gasteiger partial charge in [-0.15, -0.1) is 0 Å². The van der Waals surface area contributed by atoms with Gasteiger partial charge in [-0.05, 0) is 26.0 Å². The highest BCUT2D eigenvalue weighted by atomic mass is 16.5. The Labute approximate surface area is 84.9 Å². The van der Waals surface area contributed by atoms with Crippen LogP contribution in [0.1, 0.15) is 23.9 Å². The van der Waals surface area contributed by atoms with Crippen molar-refractivity contribution in [3.8, 4) is 5.75 Å². The van der Waals surface area contributed by atoms with E-state index >= 15 is 0 Å². The molecule has 0 saturated carbocycles. The van der Waals surface area contributed by atoms with E-state index in [1.807, 2.05) is 19.9 Å². The topological polar surface area (TPSA) is 22.1 Å². The van der Waals surface area contributed by atoms with Crippen LogP contribution in [0.2, 0.25) is 0 Å². The van der Waals surface area contributed by atoms with Crippen molar-refractivity contribution < 1.29 is 4.74 Å².